The molecule has 0 radical (unpaired) electrons. The van der Waals surface area contributed by atoms with Crippen LogP contribution in [0.4, 0.5) is 5.69 Å². The molecule has 3 rings (SSSR count). The lowest BCUT2D eigenvalue weighted by Gasteiger charge is -2.27. The van der Waals surface area contributed by atoms with E-state index in [4.69, 9.17) is 0 Å². The van der Waals surface area contributed by atoms with Crippen molar-refractivity contribution in [2.75, 3.05) is 18.0 Å². The minimum absolute atomic E-state index is 0.321. The molecule has 1 saturated heterocycles. The van der Waals surface area contributed by atoms with Gasteiger partial charge in [-0.3, -0.25) is 4.79 Å². The number of carbonyl (C=O) groups excluding carboxylic acids is 1. The zero-order chi connectivity index (χ0) is 12.4. The van der Waals surface area contributed by atoms with E-state index in [1.54, 1.807) is 11.0 Å². The molecule has 0 unspecified atom stereocenters. The Morgan fingerprint density at radius 1 is 1.11 bits per heavy atom. The number of rotatable bonds is 2. The minimum Gasteiger partial charge on any atom is -0.364 e. The Labute approximate surface area is 105 Å². The number of anilines is 1. The average molecular weight is 242 g/mol. The van der Waals surface area contributed by atoms with Crippen molar-refractivity contribution in [3.05, 3.63) is 36.9 Å². The van der Waals surface area contributed by atoms with Crippen LogP contribution in [-0.2, 0) is 4.79 Å². The van der Waals surface area contributed by atoms with Gasteiger partial charge in [0.1, 0.15) is 12.7 Å². The smallest absolute Gasteiger partial charge is 0.152 e. The van der Waals surface area contributed by atoms with Crippen LogP contribution in [0, 0.1) is 0 Å². The highest BCUT2D eigenvalue weighted by molar-refractivity contribution is 5.84. The zero-order valence-electron chi connectivity index (χ0n) is 9.99. The maximum Gasteiger partial charge on any atom is 0.152 e. The molecule has 92 valence electrons. The van der Waals surface area contributed by atoms with Gasteiger partial charge in [-0.25, -0.2) is 9.67 Å². The average Bonchev–Trinajstić information content (AvgIpc) is 2.93. The monoisotopic (exact) mass is 242 g/mol. The quantitative estimate of drug-likeness (QED) is 0.799. The maximum atomic E-state index is 11.4. The van der Waals surface area contributed by atoms with Gasteiger partial charge in [0, 0.05) is 18.7 Å². The van der Waals surface area contributed by atoms with Crippen LogP contribution in [0.15, 0.2) is 36.9 Å². The van der Waals surface area contributed by atoms with Gasteiger partial charge < -0.3 is 4.90 Å². The molecule has 2 heterocycles. The second-order valence-electron chi connectivity index (χ2n) is 4.42. The van der Waals surface area contributed by atoms with Gasteiger partial charge in [0.25, 0.3) is 0 Å². The van der Waals surface area contributed by atoms with Crippen LogP contribution in [0.2, 0.25) is 0 Å². The summed E-state index contributed by atoms with van der Waals surface area (Å²) < 4.78 is 1.71. The molecule has 0 aliphatic carbocycles. The molecule has 1 aliphatic rings. The van der Waals surface area contributed by atoms with Crippen LogP contribution in [-0.4, -0.2) is 33.6 Å². The van der Waals surface area contributed by atoms with Crippen LogP contribution in [0.1, 0.15) is 12.8 Å². The molecule has 0 atom stereocenters. The van der Waals surface area contributed by atoms with Crippen LogP contribution in [0.5, 0.6) is 0 Å². The molecule has 1 aromatic heterocycles. The van der Waals surface area contributed by atoms with Crippen molar-refractivity contribution >= 4 is 11.5 Å². The lowest BCUT2D eigenvalue weighted by molar-refractivity contribution is -0.118. The van der Waals surface area contributed by atoms with E-state index < -0.39 is 0 Å². The van der Waals surface area contributed by atoms with E-state index in [2.05, 4.69) is 15.0 Å². The first-order valence-electron chi connectivity index (χ1n) is 6.05. The number of hydrogen-bond donors (Lipinski definition) is 0. The molecular formula is C13H14N4O. The van der Waals surface area contributed by atoms with Crippen LogP contribution in [0.3, 0.4) is 0 Å². The van der Waals surface area contributed by atoms with Crippen molar-refractivity contribution in [1.29, 1.82) is 0 Å². The number of hydrogen-bond acceptors (Lipinski definition) is 4. The zero-order valence-corrected chi connectivity index (χ0v) is 9.99. The molecular weight excluding hydrogens is 228 g/mol. The lowest BCUT2D eigenvalue weighted by atomic mass is 10.1. The predicted octanol–water partition coefficient (Wildman–Crippen LogP) is 1.44. The van der Waals surface area contributed by atoms with Crippen molar-refractivity contribution in [2.45, 2.75) is 12.8 Å². The molecule has 18 heavy (non-hydrogen) atoms. The Morgan fingerprint density at radius 3 is 2.56 bits per heavy atom. The van der Waals surface area contributed by atoms with Crippen molar-refractivity contribution < 1.29 is 4.79 Å². The van der Waals surface area contributed by atoms with E-state index in [9.17, 15) is 4.79 Å². The third-order valence-electron chi connectivity index (χ3n) is 3.15. The molecule has 1 aliphatic heterocycles. The number of ketones is 1. The molecule has 2 aromatic rings. The van der Waals surface area contributed by atoms with E-state index in [-0.39, 0.29) is 0 Å². The second kappa shape index (κ2) is 4.60. The van der Waals surface area contributed by atoms with Crippen LogP contribution < -0.4 is 4.90 Å². The maximum absolute atomic E-state index is 11.4. The minimum atomic E-state index is 0.321. The Kier molecular flexibility index (Phi) is 2.80. The molecule has 5 nitrogen and oxygen atoms in total. The topological polar surface area (TPSA) is 51.0 Å². The number of benzene rings is 1. The summed E-state index contributed by atoms with van der Waals surface area (Å²) in [6, 6.07) is 8.03. The van der Waals surface area contributed by atoms with Crippen molar-refractivity contribution in [3.8, 4) is 5.69 Å². The first kappa shape index (κ1) is 11.0. The van der Waals surface area contributed by atoms with Crippen LogP contribution in [0.25, 0.3) is 5.69 Å². The Morgan fingerprint density at radius 2 is 1.89 bits per heavy atom. The van der Waals surface area contributed by atoms with Gasteiger partial charge in [-0.1, -0.05) is 0 Å². The van der Waals surface area contributed by atoms with Crippen LogP contribution >= 0.6 is 0 Å². The standard InChI is InChI=1S/C13H14N4O/c18-13-2-1-7-16(8-13)11-3-5-12(6-4-11)17-10-14-9-15-17/h3-6,9-10H,1-2,7-8H2. The van der Waals surface area contributed by atoms with E-state index in [0.717, 1.165) is 24.3 Å². The lowest BCUT2D eigenvalue weighted by Crippen LogP contribution is -2.35. The largest absolute Gasteiger partial charge is 0.364 e. The molecule has 0 amide bonds. The Hall–Kier alpha value is -2.17. The van der Waals surface area contributed by atoms with Crippen molar-refractivity contribution in [2.24, 2.45) is 0 Å². The molecule has 5 heteroatoms. The van der Waals surface area contributed by atoms with Gasteiger partial charge in [-0.15, -0.1) is 0 Å². The number of carbonyl (C=O) groups is 1. The Bertz CT molecular complexity index is 533. The van der Waals surface area contributed by atoms with E-state index in [1.807, 2.05) is 24.3 Å². The summed E-state index contributed by atoms with van der Waals surface area (Å²) in [5.74, 6) is 0.321. The van der Waals surface area contributed by atoms with Gasteiger partial charge in [0.2, 0.25) is 0 Å². The number of piperidine rings is 1. The Balaban J connectivity index is 1.80. The number of nitrogens with zero attached hydrogens (tertiary/aromatic N) is 4. The predicted molar refractivity (Wildman–Crippen MR) is 67.8 cm³/mol. The summed E-state index contributed by atoms with van der Waals surface area (Å²) in [7, 11) is 0. The molecule has 0 saturated carbocycles. The van der Waals surface area contributed by atoms with Gasteiger partial charge in [-0.05, 0) is 30.7 Å². The molecule has 0 spiro atoms. The van der Waals surface area contributed by atoms with E-state index >= 15 is 0 Å². The summed E-state index contributed by atoms with van der Waals surface area (Å²) in [5, 5.41) is 4.08. The molecule has 0 bridgehead atoms. The SMILES string of the molecule is O=C1CCCN(c2ccc(-n3cncn3)cc2)C1. The highest BCUT2D eigenvalue weighted by Crippen LogP contribution is 2.20. The fourth-order valence-electron chi connectivity index (χ4n) is 2.22. The first-order valence-corrected chi connectivity index (χ1v) is 6.05. The van der Waals surface area contributed by atoms with Gasteiger partial charge in [0.05, 0.1) is 12.2 Å². The highest BCUT2D eigenvalue weighted by atomic mass is 16.1. The van der Waals surface area contributed by atoms with E-state index in [0.29, 0.717) is 18.7 Å². The second-order valence-corrected chi connectivity index (χ2v) is 4.42. The van der Waals surface area contributed by atoms with Gasteiger partial charge in [0.15, 0.2) is 5.78 Å². The van der Waals surface area contributed by atoms with E-state index in [1.165, 1.54) is 6.33 Å². The van der Waals surface area contributed by atoms with Crippen molar-refractivity contribution in [3.63, 3.8) is 0 Å². The summed E-state index contributed by atoms with van der Waals surface area (Å²) in [4.78, 5) is 17.5. The fraction of sp³-hybridized carbons (Fsp3) is 0.308. The van der Waals surface area contributed by atoms with Crippen molar-refractivity contribution in [1.82, 2.24) is 14.8 Å². The highest BCUT2D eigenvalue weighted by Gasteiger charge is 2.16. The van der Waals surface area contributed by atoms with Gasteiger partial charge in [-0.2, -0.15) is 5.10 Å². The van der Waals surface area contributed by atoms with Gasteiger partial charge >= 0.3 is 0 Å². The molecule has 1 aromatic carbocycles. The normalized spacial score (nSPS) is 16.0. The summed E-state index contributed by atoms with van der Waals surface area (Å²) in [6.07, 6.45) is 4.84. The molecule has 1 fully saturated rings. The summed E-state index contributed by atoms with van der Waals surface area (Å²) in [5.41, 5.74) is 2.06. The fourth-order valence-corrected chi connectivity index (χ4v) is 2.22. The third kappa shape index (κ3) is 2.11. The number of aromatic nitrogens is 3. The summed E-state index contributed by atoms with van der Waals surface area (Å²) in [6.45, 7) is 1.48. The first-order chi connectivity index (χ1) is 8.83. The third-order valence-corrected chi connectivity index (χ3v) is 3.15. The summed E-state index contributed by atoms with van der Waals surface area (Å²) >= 11 is 0. The molecule has 0 N–H and O–H groups in total. The number of Topliss-reactive ketones (excluding diaryl/α,β-unsaturated/α-hetero) is 1.